The third kappa shape index (κ3) is 6.85. The molecule has 0 spiro atoms. The Morgan fingerprint density at radius 3 is 2.46 bits per heavy atom. The second-order valence-corrected chi connectivity index (χ2v) is 6.60. The Morgan fingerprint density at radius 1 is 1.04 bits per heavy atom. The van der Waals surface area contributed by atoms with E-state index in [-0.39, 0.29) is 18.9 Å². The molecule has 0 aliphatic carbocycles. The lowest BCUT2D eigenvalue weighted by Crippen LogP contribution is -2.33. The molecule has 8 heteroatoms. The minimum atomic E-state index is -0.705. The number of carbonyl (C=O) groups excluding carboxylic acids is 3. The molecule has 0 atom stereocenters. The fourth-order valence-corrected chi connectivity index (χ4v) is 2.71. The summed E-state index contributed by atoms with van der Waals surface area (Å²) in [6.45, 7) is -0.780. The second kappa shape index (κ2) is 9.94. The van der Waals surface area contributed by atoms with E-state index >= 15 is 0 Å². The van der Waals surface area contributed by atoms with E-state index in [4.69, 9.17) is 16.3 Å². The van der Waals surface area contributed by atoms with Crippen LogP contribution in [0.5, 0.6) is 0 Å². The molecule has 2 N–H and O–H groups in total. The molecule has 2 aromatic rings. The zero-order valence-electron chi connectivity index (χ0n) is 13.6. The van der Waals surface area contributed by atoms with E-state index < -0.39 is 18.5 Å². The molecule has 0 saturated carbocycles. The molecule has 0 bridgehead atoms. The van der Waals surface area contributed by atoms with E-state index in [1.165, 1.54) is 0 Å². The highest BCUT2D eigenvalue weighted by Gasteiger charge is 2.11. The van der Waals surface area contributed by atoms with Gasteiger partial charge in [0, 0.05) is 4.47 Å². The van der Waals surface area contributed by atoms with E-state index in [1.807, 2.05) is 30.3 Å². The minimum Gasteiger partial charge on any atom is -0.454 e. The van der Waals surface area contributed by atoms with Crippen molar-refractivity contribution in [2.24, 2.45) is 0 Å². The van der Waals surface area contributed by atoms with Crippen molar-refractivity contribution in [1.29, 1.82) is 0 Å². The molecule has 2 aromatic carbocycles. The standard InChI is InChI=1S/C18H16BrClN2O4/c19-13-6-7-15(14(20)9-13)22-17(24)11-26-18(25)10-21-16(23)8-12-4-2-1-3-5-12/h1-7,9H,8,10-11H2,(H,21,23)(H,22,24). The Labute approximate surface area is 164 Å². The Bertz CT molecular complexity index is 799. The summed E-state index contributed by atoms with van der Waals surface area (Å²) in [5.41, 5.74) is 1.25. The molecular formula is C18H16BrClN2O4. The van der Waals surface area contributed by atoms with Crippen molar-refractivity contribution in [3.05, 3.63) is 63.6 Å². The average molecular weight is 440 g/mol. The van der Waals surface area contributed by atoms with Gasteiger partial charge in [-0.2, -0.15) is 0 Å². The molecule has 136 valence electrons. The maximum absolute atomic E-state index is 11.8. The summed E-state index contributed by atoms with van der Waals surface area (Å²) in [4.78, 5) is 35.2. The van der Waals surface area contributed by atoms with Gasteiger partial charge in [-0.15, -0.1) is 0 Å². The van der Waals surface area contributed by atoms with Crippen LogP contribution in [0.3, 0.4) is 0 Å². The number of halogens is 2. The van der Waals surface area contributed by atoms with E-state index in [0.29, 0.717) is 10.7 Å². The zero-order valence-corrected chi connectivity index (χ0v) is 16.0. The molecule has 0 heterocycles. The zero-order chi connectivity index (χ0) is 18.9. The van der Waals surface area contributed by atoms with E-state index in [0.717, 1.165) is 10.0 Å². The summed E-state index contributed by atoms with van der Waals surface area (Å²) in [7, 11) is 0. The Hall–Kier alpha value is -2.38. The number of amides is 2. The highest BCUT2D eigenvalue weighted by Crippen LogP contribution is 2.25. The van der Waals surface area contributed by atoms with Crippen molar-refractivity contribution >= 4 is 51.0 Å². The highest BCUT2D eigenvalue weighted by molar-refractivity contribution is 9.10. The molecule has 0 unspecified atom stereocenters. The number of nitrogens with one attached hydrogen (secondary N) is 2. The van der Waals surface area contributed by atoms with Gasteiger partial charge in [0.15, 0.2) is 6.61 Å². The lowest BCUT2D eigenvalue weighted by molar-refractivity contribution is -0.147. The fraction of sp³-hybridized carbons (Fsp3) is 0.167. The van der Waals surface area contributed by atoms with E-state index in [9.17, 15) is 14.4 Å². The SMILES string of the molecule is O=C(Cc1ccccc1)NCC(=O)OCC(=O)Nc1ccc(Br)cc1Cl. The maximum Gasteiger partial charge on any atom is 0.325 e. The molecule has 0 aliphatic rings. The Balaban J connectivity index is 1.69. The third-order valence-electron chi connectivity index (χ3n) is 3.21. The van der Waals surface area contributed by atoms with Crippen LogP contribution in [0.1, 0.15) is 5.56 Å². The number of ether oxygens (including phenoxy) is 1. The van der Waals surface area contributed by atoms with Gasteiger partial charge in [0.05, 0.1) is 17.1 Å². The van der Waals surface area contributed by atoms with Gasteiger partial charge in [-0.05, 0) is 23.8 Å². The van der Waals surface area contributed by atoms with Crippen LogP contribution < -0.4 is 10.6 Å². The van der Waals surface area contributed by atoms with Crippen molar-refractivity contribution < 1.29 is 19.1 Å². The van der Waals surface area contributed by atoms with Gasteiger partial charge >= 0.3 is 5.97 Å². The van der Waals surface area contributed by atoms with Gasteiger partial charge in [-0.25, -0.2) is 0 Å². The largest absolute Gasteiger partial charge is 0.454 e. The lowest BCUT2D eigenvalue weighted by atomic mass is 10.1. The summed E-state index contributed by atoms with van der Waals surface area (Å²) < 4.78 is 5.60. The first kappa shape index (κ1) is 19.9. The van der Waals surface area contributed by atoms with Crippen LogP contribution in [-0.4, -0.2) is 30.9 Å². The van der Waals surface area contributed by atoms with Crippen LogP contribution in [0.4, 0.5) is 5.69 Å². The van der Waals surface area contributed by atoms with Crippen molar-refractivity contribution in [3.63, 3.8) is 0 Å². The Kier molecular flexibility index (Phi) is 7.62. The summed E-state index contributed by atoms with van der Waals surface area (Å²) in [5.74, 6) is -1.54. The van der Waals surface area contributed by atoms with Crippen LogP contribution in [-0.2, 0) is 25.5 Å². The minimum absolute atomic E-state index is 0.163. The fourth-order valence-electron chi connectivity index (χ4n) is 1.99. The lowest BCUT2D eigenvalue weighted by Gasteiger charge is -2.09. The number of anilines is 1. The number of rotatable bonds is 7. The molecular weight excluding hydrogens is 424 g/mol. The normalized spacial score (nSPS) is 10.1. The molecule has 0 fully saturated rings. The van der Waals surface area contributed by atoms with E-state index in [2.05, 4.69) is 26.6 Å². The highest BCUT2D eigenvalue weighted by atomic mass is 79.9. The van der Waals surface area contributed by atoms with Gasteiger partial charge in [0.2, 0.25) is 5.91 Å². The van der Waals surface area contributed by atoms with Gasteiger partial charge in [0.25, 0.3) is 5.91 Å². The van der Waals surface area contributed by atoms with Gasteiger partial charge in [-0.3, -0.25) is 14.4 Å². The molecule has 6 nitrogen and oxygen atoms in total. The smallest absolute Gasteiger partial charge is 0.325 e. The molecule has 0 radical (unpaired) electrons. The first-order valence-corrected chi connectivity index (χ1v) is 8.82. The maximum atomic E-state index is 11.8. The van der Waals surface area contributed by atoms with Gasteiger partial charge in [-0.1, -0.05) is 57.9 Å². The van der Waals surface area contributed by atoms with Crippen LogP contribution in [0, 0.1) is 0 Å². The predicted molar refractivity (Wildman–Crippen MR) is 102 cm³/mol. The van der Waals surface area contributed by atoms with Crippen molar-refractivity contribution in [1.82, 2.24) is 5.32 Å². The molecule has 0 saturated heterocycles. The number of benzene rings is 2. The molecule has 2 amide bonds. The van der Waals surface area contributed by atoms with Crippen LogP contribution >= 0.6 is 27.5 Å². The Morgan fingerprint density at radius 2 is 1.77 bits per heavy atom. The molecule has 0 aliphatic heterocycles. The monoisotopic (exact) mass is 438 g/mol. The predicted octanol–water partition coefficient (Wildman–Crippen LogP) is 2.94. The van der Waals surface area contributed by atoms with Crippen LogP contribution in [0.25, 0.3) is 0 Å². The topological polar surface area (TPSA) is 84.5 Å². The van der Waals surface area contributed by atoms with Crippen LogP contribution in [0.2, 0.25) is 5.02 Å². The van der Waals surface area contributed by atoms with Gasteiger partial charge < -0.3 is 15.4 Å². The molecule has 26 heavy (non-hydrogen) atoms. The number of hydrogen-bond acceptors (Lipinski definition) is 4. The summed E-state index contributed by atoms with van der Waals surface area (Å²) in [6.07, 6.45) is 0.163. The quantitative estimate of drug-likeness (QED) is 0.650. The van der Waals surface area contributed by atoms with Gasteiger partial charge in [0.1, 0.15) is 6.54 Å². The van der Waals surface area contributed by atoms with Crippen molar-refractivity contribution in [3.8, 4) is 0 Å². The van der Waals surface area contributed by atoms with Crippen LogP contribution in [0.15, 0.2) is 53.0 Å². The summed E-state index contributed by atoms with van der Waals surface area (Å²) in [6, 6.07) is 14.1. The first-order chi connectivity index (χ1) is 12.4. The van der Waals surface area contributed by atoms with Crippen molar-refractivity contribution in [2.45, 2.75) is 6.42 Å². The number of esters is 1. The van der Waals surface area contributed by atoms with Crippen molar-refractivity contribution in [2.75, 3.05) is 18.5 Å². The second-order valence-electron chi connectivity index (χ2n) is 5.27. The third-order valence-corrected chi connectivity index (χ3v) is 4.01. The summed E-state index contributed by atoms with van der Waals surface area (Å²) in [5, 5.41) is 5.34. The summed E-state index contributed by atoms with van der Waals surface area (Å²) >= 11 is 9.25. The number of carbonyl (C=O) groups is 3. The number of hydrogen-bond donors (Lipinski definition) is 2. The molecule has 0 aromatic heterocycles. The van der Waals surface area contributed by atoms with E-state index in [1.54, 1.807) is 18.2 Å². The first-order valence-electron chi connectivity index (χ1n) is 7.65. The average Bonchev–Trinajstić information content (AvgIpc) is 2.61. The molecule has 2 rings (SSSR count).